The average Bonchev–Trinajstić information content (AvgIpc) is 1.13. The predicted octanol–water partition coefficient (Wildman–Crippen LogP) is 26.1. The SMILES string of the molecule is CCc1ccccc1-c1cccc2c1oc1c(N(c3ccc(C4CCCCC4)cc3)c3cc(C(C)C)c4ccc5c(N(c6ccc(C7CCCCC7)cc6)c6cccc7c6oc6c(-c8ccccc8CC)cccc67)cc(C(C)C)c6ccc3c4c65)cccc12. The fraction of sp³-hybridized carbons (Fsp3) is 0.256. The van der Waals surface area contributed by atoms with Gasteiger partial charge in [-0.15, -0.1) is 0 Å². The van der Waals surface area contributed by atoms with Crippen LogP contribution < -0.4 is 9.80 Å². The van der Waals surface area contributed by atoms with E-state index in [4.69, 9.17) is 8.83 Å². The fourth-order valence-corrected chi connectivity index (χ4v) is 16.4. The molecule has 2 aromatic heterocycles. The maximum Gasteiger partial charge on any atom is 0.159 e. The standard InChI is InChI=1S/C86H80N2O2/c1-7-55-23-15-17-29-63(55)67-31-19-33-69-71-35-21-37-77(85(71)89-83(67)69)87(61-43-39-59(40-44-61)57-25-11-9-12-26-57)79-51-75(53(3)4)65-48-50-74-80(52-76(54(5)6)66-47-49-73(79)81(65)82(66)74)88(62-45-41-60(42-46-62)58-27-13-10-14-28-58)78-38-22-36-72-70-34-20-32-68(84(70)90-86(72)78)64-30-18-16-24-56(64)8-2/h15-24,29-54,57-58H,7-14,25-28H2,1-6H3. The summed E-state index contributed by atoms with van der Waals surface area (Å²) in [5.74, 6) is 1.61. The molecule has 2 saturated carbocycles. The lowest BCUT2D eigenvalue weighted by molar-refractivity contribution is 0.443. The Morgan fingerprint density at radius 2 is 0.689 bits per heavy atom. The van der Waals surface area contributed by atoms with E-state index < -0.39 is 0 Å². The molecule has 0 bridgehead atoms. The summed E-state index contributed by atoms with van der Waals surface area (Å²) in [4.78, 5) is 5.10. The topological polar surface area (TPSA) is 32.8 Å². The van der Waals surface area contributed by atoms with Crippen LogP contribution in [0.15, 0.2) is 215 Å². The van der Waals surface area contributed by atoms with Crippen LogP contribution in [-0.4, -0.2) is 0 Å². The predicted molar refractivity (Wildman–Crippen MR) is 384 cm³/mol. The molecule has 0 spiro atoms. The Balaban J connectivity index is 0.966. The van der Waals surface area contributed by atoms with E-state index in [0.717, 1.165) is 102 Å². The zero-order valence-electron chi connectivity index (χ0n) is 53.1. The summed E-state index contributed by atoms with van der Waals surface area (Å²) in [6.07, 6.45) is 14.8. The number of rotatable bonds is 14. The summed E-state index contributed by atoms with van der Waals surface area (Å²) in [7, 11) is 0. The van der Waals surface area contributed by atoms with Gasteiger partial charge < -0.3 is 18.6 Å². The number of fused-ring (bicyclic) bond motifs is 6. The van der Waals surface area contributed by atoms with Crippen molar-refractivity contribution in [3.63, 3.8) is 0 Å². The molecule has 0 saturated heterocycles. The first kappa shape index (κ1) is 56.1. The van der Waals surface area contributed by atoms with Gasteiger partial charge >= 0.3 is 0 Å². The van der Waals surface area contributed by atoms with Gasteiger partial charge in [0.2, 0.25) is 0 Å². The molecule has 0 unspecified atom stereocenters. The summed E-state index contributed by atoms with van der Waals surface area (Å²) in [6.45, 7) is 14.0. The van der Waals surface area contributed by atoms with E-state index in [1.165, 1.54) is 141 Å². The Labute approximate surface area is 530 Å². The summed E-state index contributed by atoms with van der Waals surface area (Å²) < 4.78 is 14.9. The van der Waals surface area contributed by atoms with Crippen molar-refractivity contribution in [2.75, 3.05) is 9.80 Å². The number of nitrogens with zero attached hydrogens (tertiary/aromatic N) is 2. The van der Waals surface area contributed by atoms with Gasteiger partial charge in [0.15, 0.2) is 11.2 Å². The Bertz CT molecular complexity index is 4690. The zero-order chi connectivity index (χ0) is 60.7. The van der Waals surface area contributed by atoms with Gasteiger partial charge in [0, 0.05) is 54.8 Å². The highest BCUT2D eigenvalue weighted by Gasteiger charge is 2.30. The van der Waals surface area contributed by atoms with Gasteiger partial charge in [-0.2, -0.15) is 0 Å². The van der Waals surface area contributed by atoms with Crippen molar-refractivity contribution in [1.82, 2.24) is 0 Å². The lowest BCUT2D eigenvalue weighted by Gasteiger charge is -2.32. The molecule has 0 radical (unpaired) electrons. The van der Waals surface area contributed by atoms with Crippen LogP contribution in [0.4, 0.5) is 34.1 Å². The highest BCUT2D eigenvalue weighted by atomic mass is 16.3. The molecule has 4 heteroatoms. The second-order valence-corrected chi connectivity index (χ2v) is 26.8. The molecule has 446 valence electrons. The molecule has 2 fully saturated rings. The van der Waals surface area contributed by atoms with E-state index in [-0.39, 0.29) is 11.8 Å². The van der Waals surface area contributed by atoms with Gasteiger partial charge in [-0.1, -0.05) is 238 Å². The van der Waals surface area contributed by atoms with E-state index in [1.807, 2.05) is 0 Å². The fourth-order valence-electron chi connectivity index (χ4n) is 16.4. The van der Waals surface area contributed by atoms with Crippen LogP contribution in [-0.2, 0) is 12.8 Å². The Hall–Kier alpha value is -9.12. The summed E-state index contributed by atoms with van der Waals surface area (Å²) >= 11 is 0. The molecule has 2 aliphatic carbocycles. The van der Waals surface area contributed by atoms with Gasteiger partial charge in [0.05, 0.1) is 22.7 Å². The number of aryl methyl sites for hydroxylation is 2. The summed E-state index contributed by atoms with van der Waals surface area (Å²) in [5.41, 5.74) is 23.1. The number of anilines is 6. The van der Waals surface area contributed by atoms with Crippen molar-refractivity contribution in [1.29, 1.82) is 0 Å². The van der Waals surface area contributed by atoms with Crippen LogP contribution in [0.1, 0.15) is 163 Å². The third kappa shape index (κ3) is 9.29. The zero-order valence-corrected chi connectivity index (χ0v) is 53.1. The van der Waals surface area contributed by atoms with Crippen LogP contribution in [0.25, 0.3) is 98.4 Å². The summed E-state index contributed by atoms with van der Waals surface area (Å²) in [5, 5.41) is 12.1. The lowest BCUT2D eigenvalue weighted by atomic mass is 9.83. The lowest BCUT2D eigenvalue weighted by Crippen LogP contribution is -2.14. The quantitative estimate of drug-likeness (QED) is 0.102. The van der Waals surface area contributed by atoms with Crippen molar-refractivity contribution in [3.05, 3.63) is 240 Å². The first-order valence-corrected chi connectivity index (χ1v) is 33.9. The normalized spacial score (nSPS) is 14.5. The Kier molecular flexibility index (Phi) is 14.4. The molecule has 14 aromatic rings. The van der Waals surface area contributed by atoms with Gasteiger partial charge in [-0.25, -0.2) is 0 Å². The van der Waals surface area contributed by atoms with Crippen molar-refractivity contribution in [2.24, 2.45) is 0 Å². The smallest absolute Gasteiger partial charge is 0.159 e. The Morgan fingerprint density at radius 1 is 0.333 bits per heavy atom. The largest absolute Gasteiger partial charge is 0.453 e. The van der Waals surface area contributed by atoms with E-state index in [1.54, 1.807) is 0 Å². The molecule has 0 amide bonds. The van der Waals surface area contributed by atoms with E-state index in [0.29, 0.717) is 11.8 Å². The number of furan rings is 2. The van der Waals surface area contributed by atoms with Crippen LogP contribution >= 0.6 is 0 Å². The second-order valence-electron chi connectivity index (χ2n) is 26.8. The molecule has 2 heterocycles. The second kappa shape index (κ2) is 23.0. The molecule has 90 heavy (non-hydrogen) atoms. The number of hydrogen-bond donors (Lipinski definition) is 0. The molecule has 16 rings (SSSR count). The summed E-state index contributed by atoms with van der Waals surface area (Å²) in [6, 6.07) is 78.8. The van der Waals surface area contributed by atoms with Gasteiger partial charge in [0.1, 0.15) is 11.2 Å². The van der Waals surface area contributed by atoms with E-state index in [9.17, 15) is 0 Å². The maximum absolute atomic E-state index is 7.46. The van der Waals surface area contributed by atoms with Crippen molar-refractivity contribution >= 4 is 110 Å². The number of hydrogen-bond acceptors (Lipinski definition) is 4. The first-order chi connectivity index (χ1) is 44.2. The third-order valence-corrected chi connectivity index (χ3v) is 21.0. The monoisotopic (exact) mass is 1170 g/mol. The highest BCUT2D eigenvalue weighted by Crippen LogP contribution is 2.54. The molecule has 12 aromatic carbocycles. The highest BCUT2D eigenvalue weighted by molar-refractivity contribution is 6.30. The number of benzene rings is 12. The molecule has 0 atom stereocenters. The van der Waals surface area contributed by atoms with Gasteiger partial charge in [0.25, 0.3) is 0 Å². The minimum absolute atomic E-state index is 0.218. The average molecular weight is 1170 g/mol. The van der Waals surface area contributed by atoms with Crippen LogP contribution in [0, 0.1) is 0 Å². The van der Waals surface area contributed by atoms with Crippen molar-refractivity contribution < 1.29 is 8.83 Å². The van der Waals surface area contributed by atoms with Crippen LogP contribution in [0.2, 0.25) is 0 Å². The Morgan fingerprint density at radius 3 is 1.08 bits per heavy atom. The molecular weight excluding hydrogens is 1090 g/mol. The minimum Gasteiger partial charge on any atom is -0.453 e. The molecule has 0 N–H and O–H groups in total. The van der Waals surface area contributed by atoms with E-state index >= 15 is 0 Å². The molecular formula is C86H80N2O2. The molecule has 0 aliphatic heterocycles. The first-order valence-electron chi connectivity index (χ1n) is 33.9. The van der Waals surface area contributed by atoms with E-state index in [2.05, 4.69) is 258 Å². The van der Waals surface area contributed by atoms with Gasteiger partial charge in [-0.05, 0) is 177 Å². The van der Waals surface area contributed by atoms with Gasteiger partial charge in [-0.3, -0.25) is 0 Å². The molecule has 4 nitrogen and oxygen atoms in total. The number of para-hydroxylation sites is 4. The van der Waals surface area contributed by atoms with Crippen LogP contribution in [0.3, 0.4) is 0 Å². The third-order valence-electron chi connectivity index (χ3n) is 21.0. The maximum atomic E-state index is 7.46. The molecule has 2 aliphatic rings. The van der Waals surface area contributed by atoms with Crippen molar-refractivity contribution in [2.45, 2.75) is 142 Å². The minimum atomic E-state index is 0.218. The van der Waals surface area contributed by atoms with Crippen LogP contribution in [0.5, 0.6) is 0 Å². The van der Waals surface area contributed by atoms with Crippen molar-refractivity contribution in [3.8, 4) is 22.3 Å².